The highest BCUT2D eigenvalue weighted by molar-refractivity contribution is 5.84. The first-order valence-electron chi connectivity index (χ1n) is 20.0. The van der Waals surface area contributed by atoms with Gasteiger partial charge in [-0.25, -0.2) is 15.0 Å². The average molecular weight is 796 g/mol. The molecule has 60 heavy (non-hydrogen) atoms. The minimum atomic E-state index is -1.01. The molecule has 1 aliphatic heterocycles. The predicted molar refractivity (Wildman–Crippen MR) is 231 cm³/mol. The number of aliphatic hydroxyl groups is 1. The van der Waals surface area contributed by atoms with Crippen LogP contribution in [0.3, 0.4) is 0 Å². The monoisotopic (exact) mass is 795 g/mol. The highest BCUT2D eigenvalue weighted by Crippen LogP contribution is 2.44. The van der Waals surface area contributed by atoms with Crippen LogP contribution in [0.25, 0.3) is 11.2 Å². The SMILES string of the molecule is COc1ccc(C(Nc2ncnc3c2ncn3[C@H]2C[C@@H](O)[C@H](COC(c3ccccc3)(c3ccccc3)c3ccc(OC)cc3)O2)(c2ccccc2)c2ccccc2)cc1. The lowest BCUT2D eigenvalue weighted by molar-refractivity contribution is -0.0930. The van der Waals surface area contributed by atoms with Crippen LogP contribution in [0.1, 0.15) is 46.0 Å². The number of methoxy groups -OCH3 is 2. The van der Waals surface area contributed by atoms with Crippen molar-refractivity contribution in [2.75, 3.05) is 26.1 Å². The van der Waals surface area contributed by atoms with Crippen molar-refractivity contribution in [3.63, 3.8) is 0 Å². The van der Waals surface area contributed by atoms with Crippen LogP contribution in [0.4, 0.5) is 5.82 Å². The molecule has 2 N–H and O–H groups in total. The Morgan fingerprint density at radius 2 is 1.08 bits per heavy atom. The number of imidazole rings is 1. The third-order valence-electron chi connectivity index (χ3n) is 11.4. The maximum atomic E-state index is 11.6. The van der Waals surface area contributed by atoms with Crippen LogP contribution in [-0.2, 0) is 20.6 Å². The zero-order valence-corrected chi connectivity index (χ0v) is 33.3. The quantitative estimate of drug-likeness (QED) is 0.104. The number of nitrogens with one attached hydrogen (secondary N) is 1. The summed E-state index contributed by atoms with van der Waals surface area (Å²) in [4.78, 5) is 14.4. The van der Waals surface area contributed by atoms with E-state index in [0.717, 1.165) is 44.9 Å². The molecule has 10 nitrogen and oxygen atoms in total. The van der Waals surface area contributed by atoms with Crippen LogP contribution in [0.5, 0.6) is 11.5 Å². The first-order chi connectivity index (χ1) is 29.5. The van der Waals surface area contributed by atoms with Crippen LogP contribution in [0.15, 0.2) is 183 Å². The molecule has 3 atom stereocenters. The molecule has 10 heteroatoms. The van der Waals surface area contributed by atoms with Crippen LogP contribution >= 0.6 is 0 Å². The number of fused-ring (bicyclic) bond motifs is 1. The van der Waals surface area contributed by atoms with Crippen molar-refractivity contribution in [1.29, 1.82) is 0 Å². The Balaban J connectivity index is 1.05. The maximum absolute atomic E-state index is 11.6. The first kappa shape index (κ1) is 38.7. The van der Waals surface area contributed by atoms with E-state index in [1.807, 2.05) is 114 Å². The fraction of sp³-hybridized carbons (Fsp3) is 0.180. The van der Waals surface area contributed by atoms with Crippen LogP contribution in [-0.4, -0.2) is 57.7 Å². The normalized spacial score (nSPS) is 16.8. The average Bonchev–Trinajstić information content (AvgIpc) is 3.93. The van der Waals surface area contributed by atoms with Gasteiger partial charge in [-0.1, -0.05) is 146 Å². The highest BCUT2D eigenvalue weighted by atomic mass is 16.6. The summed E-state index contributed by atoms with van der Waals surface area (Å²) >= 11 is 0. The molecule has 0 amide bonds. The van der Waals surface area contributed by atoms with Crippen molar-refractivity contribution in [3.05, 3.63) is 216 Å². The summed E-state index contributed by atoms with van der Waals surface area (Å²) in [5.41, 5.74) is 5.04. The van der Waals surface area contributed by atoms with Crippen molar-refractivity contribution in [1.82, 2.24) is 19.5 Å². The van der Waals surface area contributed by atoms with Crippen molar-refractivity contribution in [2.45, 2.75) is 36.0 Å². The van der Waals surface area contributed by atoms with Gasteiger partial charge in [-0.3, -0.25) is 4.57 Å². The van der Waals surface area contributed by atoms with Gasteiger partial charge >= 0.3 is 0 Å². The molecule has 1 fully saturated rings. The number of benzene rings is 6. The lowest BCUT2D eigenvalue weighted by Crippen LogP contribution is -2.38. The molecule has 2 aromatic heterocycles. The van der Waals surface area contributed by atoms with E-state index in [9.17, 15) is 5.11 Å². The molecular formula is C50H45N5O5. The summed E-state index contributed by atoms with van der Waals surface area (Å²) in [6, 6.07) is 56.8. The van der Waals surface area contributed by atoms with Gasteiger partial charge in [0.25, 0.3) is 0 Å². The van der Waals surface area contributed by atoms with Crippen LogP contribution in [0.2, 0.25) is 0 Å². The van der Waals surface area contributed by atoms with Crippen LogP contribution in [0, 0.1) is 0 Å². The Labute approximate surface area is 349 Å². The Morgan fingerprint density at radius 3 is 1.60 bits per heavy atom. The molecule has 9 rings (SSSR count). The van der Waals surface area contributed by atoms with Gasteiger partial charge in [0.15, 0.2) is 17.0 Å². The molecular weight excluding hydrogens is 751 g/mol. The Morgan fingerprint density at radius 1 is 0.617 bits per heavy atom. The molecule has 3 heterocycles. The van der Waals surface area contributed by atoms with Gasteiger partial charge in [-0.05, 0) is 57.6 Å². The van der Waals surface area contributed by atoms with Gasteiger partial charge < -0.3 is 29.4 Å². The number of hydrogen-bond donors (Lipinski definition) is 2. The topological polar surface area (TPSA) is 113 Å². The summed E-state index contributed by atoms with van der Waals surface area (Å²) in [5.74, 6) is 2.04. The van der Waals surface area contributed by atoms with E-state index < -0.39 is 29.6 Å². The van der Waals surface area contributed by atoms with Gasteiger partial charge in [-0.15, -0.1) is 0 Å². The zero-order chi connectivity index (χ0) is 40.9. The molecule has 0 saturated carbocycles. The molecule has 0 radical (unpaired) electrons. The van der Waals surface area contributed by atoms with E-state index in [4.69, 9.17) is 33.9 Å². The Bertz CT molecular complexity index is 2550. The summed E-state index contributed by atoms with van der Waals surface area (Å²) < 4.78 is 26.7. The standard InChI is InChI=1S/C50H45N5O5/c1-57-41-27-23-37(24-28-41)49(35-15-7-3-8-16-35,36-17-9-4-10-18-36)54-47-46-48(52-33-51-47)55(34-53-46)45-31-43(56)44(60-45)32-59-50(38-19-11-5-12-20-38,39-21-13-6-14-22-39)40-25-29-42(58-2)30-26-40/h3-30,33-34,43-45,56H,31-32H2,1-2H3,(H,51,52,54)/t43-,44+,45-/m1/s1. The summed E-state index contributed by atoms with van der Waals surface area (Å²) in [6.45, 7) is 0.0977. The fourth-order valence-electron chi connectivity index (χ4n) is 8.43. The highest BCUT2D eigenvalue weighted by Gasteiger charge is 2.43. The van der Waals surface area contributed by atoms with Gasteiger partial charge in [-0.2, -0.15) is 0 Å². The maximum Gasteiger partial charge on any atom is 0.167 e. The van der Waals surface area contributed by atoms with E-state index >= 15 is 0 Å². The summed E-state index contributed by atoms with van der Waals surface area (Å²) in [6.07, 6.45) is 1.50. The largest absolute Gasteiger partial charge is 0.497 e. The smallest absolute Gasteiger partial charge is 0.167 e. The molecule has 0 bridgehead atoms. The second kappa shape index (κ2) is 16.8. The third kappa shape index (κ3) is 7.04. The van der Waals surface area contributed by atoms with E-state index in [1.54, 1.807) is 20.5 Å². The number of ether oxygens (including phenoxy) is 4. The predicted octanol–water partition coefficient (Wildman–Crippen LogP) is 8.90. The lowest BCUT2D eigenvalue weighted by Gasteiger charge is -2.37. The van der Waals surface area contributed by atoms with E-state index in [1.165, 1.54) is 6.33 Å². The second-order valence-electron chi connectivity index (χ2n) is 14.8. The third-order valence-corrected chi connectivity index (χ3v) is 11.4. The molecule has 1 aliphatic rings. The van der Waals surface area contributed by atoms with Crippen molar-refractivity contribution in [2.24, 2.45) is 0 Å². The summed E-state index contributed by atoms with van der Waals surface area (Å²) in [7, 11) is 3.32. The number of rotatable bonds is 14. The minimum absolute atomic E-state index is 0.0977. The van der Waals surface area contributed by atoms with Gasteiger partial charge in [0, 0.05) is 6.42 Å². The van der Waals surface area contributed by atoms with E-state index in [0.29, 0.717) is 23.4 Å². The number of aromatic nitrogens is 4. The second-order valence-corrected chi connectivity index (χ2v) is 14.8. The number of aliphatic hydroxyl groups excluding tert-OH is 1. The molecule has 0 unspecified atom stereocenters. The molecule has 6 aromatic carbocycles. The molecule has 300 valence electrons. The minimum Gasteiger partial charge on any atom is -0.497 e. The molecule has 8 aromatic rings. The van der Waals surface area contributed by atoms with Gasteiger partial charge in [0.2, 0.25) is 0 Å². The van der Waals surface area contributed by atoms with Crippen molar-refractivity contribution in [3.8, 4) is 11.5 Å². The molecule has 1 saturated heterocycles. The number of hydrogen-bond acceptors (Lipinski definition) is 9. The zero-order valence-electron chi connectivity index (χ0n) is 33.3. The number of nitrogens with zero attached hydrogens (tertiary/aromatic N) is 4. The molecule has 0 aliphatic carbocycles. The van der Waals surface area contributed by atoms with Crippen molar-refractivity contribution >= 4 is 17.0 Å². The van der Waals surface area contributed by atoms with E-state index in [2.05, 4.69) is 66.0 Å². The van der Waals surface area contributed by atoms with Crippen molar-refractivity contribution < 1.29 is 24.1 Å². The molecule has 0 spiro atoms. The van der Waals surface area contributed by atoms with Gasteiger partial charge in [0.1, 0.15) is 41.3 Å². The fourth-order valence-corrected chi connectivity index (χ4v) is 8.43. The summed E-state index contributed by atoms with van der Waals surface area (Å²) in [5, 5.41) is 15.5. The Kier molecular flexibility index (Phi) is 10.8. The van der Waals surface area contributed by atoms with Crippen LogP contribution < -0.4 is 14.8 Å². The lowest BCUT2D eigenvalue weighted by atomic mass is 9.77. The number of anilines is 1. The first-order valence-corrected chi connectivity index (χ1v) is 20.0. The van der Waals surface area contributed by atoms with E-state index in [-0.39, 0.29) is 6.61 Å². The van der Waals surface area contributed by atoms with Gasteiger partial charge in [0.05, 0.1) is 33.3 Å². The Hall–Kier alpha value is -6.85.